The maximum absolute atomic E-state index is 11.6. The van der Waals surface area contributed by atoms with E-state index in [1.807, 2.05) is 19.1 Å². The van der Waals surface area contributed by atoms with Gasteiger partial charge in [0.1, 0.15) is 0 Å². The Kier molecular flexibility index (Phi) is 6.30. The fraction of sp³-hybridized carbons (Fsp3) is 0.591. The summed E-state index contributed by atoms with van der Waals surface area (Å²) < 4.78 is 10.8. The zero-order chi connectivity index (χ0) is 17.6. The van der Waals surface area contributed by atoms with Crippen LogP contribution in [-0.4, -0.2) is 25.8 Å². The van der Waals surface area contributed by atoms with Gasteiger partial charge in [0, 0.05) is 0 Å². The average molecular weight is 342 g/mol. The number of hydrogen-bond donors (Lipinski definition) is 0. The highest BCUT2D eigenvalue weighted by Crippen LogP contribution is 2.46. The van der Waals surface area contributed by atoms with Crippen LogP contribution >= 0.6 is 0 Å². The molecule has 2 saturated carbocycles. The van der Waals surface area contributed by atoms with E-state index in [4.69, 9.17) is 9.47 Å². The van der Waals surface area contributed by atoms with Gasteiger partial charge >= 0.3 is 5.97 Å². The van der Waals surface area contributed by atoms with Gasteiger partial charge in [-0.15, -0.1) is 0 Å². The van der Waals surface area contributed by atoms with Crippen LogP contribution in [0, 0.1) is 11.8 Å². The van der Waals surface area contributed by atoms with Gasteiger partial charge < -0.3 is 9.47 Å². The lowest BCUT2D eigenvalue weighted by Crippen LogP contribution is -2.33. The van der Waals surface area contributed by atoms with Crippen molar-refractivity contribution < 1.29 is 14.3 Å². The molecular weight excluding hydrogens is 312 g/mol. The van der Waals surface area contributed by atoms with Crippen molar-refractivity contribution >= 4 is 5.97 Å². The smallest absolute Gasteiger partial charge is 0.337 e. The molecule has 3 rings (SSSR count). The number of carbonyl (C=O) groups is 1. The maximum atomic E-state index is 11.6. The fourth-order valence-corrected chi connectivity index (χ4v) is 4.60. The summed E-state index contributed by atoms with van der Waals surface area (Å²) in [4.78, 5) is 11.6. The molecule has 0 amide bonds. The summed E-state index contributed by atoms with van der Waals surface area (Å²) in [6.07, 6.45) is 12.2. The predicted octanol–water partition coefficient (Wildman–Crippen LogP) is 5.12. The molecule has 1 aromatic carbocycles. The highest BCUT2D eigenvalue weighted by Gasteiger charge is 2.36. The molecule has 0 aliphatic heterocycles. The first-order valence-electron chi connectivity index (χ1n) is 9.62. The molecule has 2 fully saturated rings. The second-order valence-corrected chi connectivity index (χ2v) is 7.48. The zero-order valence-corrected chi connectivity index (χ0v) is 15.4. The Morgan fingerprint density at radius 3 is 2.52 bits per heavy atom. The molecule has 3 nitrogen and oxygen atoms in total. The molecule has 2 aliphatic rings. The lowest BCUT2D eigenvalue weighted by Gasteiger charge is -2.42. The monoisotopic (exact) mass is 342 g/mol. The number of carbonyl (C=O) groups excluding carboxylic acids is 1. The van der Waals surface area contributed by atoms with Gasteiger partial charge in [-0.1, -0.05) is 24.3 Å². The molecule has 0 spiro atoms. The van der Waals surface area contributed by atoms with Crippen molar-refractivity contribution in [1.29, 1.82) is 0 Å². The van der Waals surface area contributed by atoms with Crippen molar-refractivity contribution in [3.63, 3.8) is 0 Å². The molecule has 0 saturated heterocycles. The summed E-state index contributed by atoms with van der Waals surface area (Å²) in [5.74, 6) is 2.04. The third kappa shape index (κ3) is 4.52. The van der Waals surface area contributed by atoms with Crippen molar-refractivity contribution in [3.8, 4) is 0 Å². The molecule has 0 aromatic heterocycles. The van der Waals surface area contributed by atoms with Crippen molar-refractivity contribution in [2.24, 2.45) is 11.8 Å². The molecule has 136 valence electrons. The third-order valence-corrected chi connectivity index (χ3v) is 6.03. The average Bonchev–Trinajstić information content (AvgIpc) is 2.67. The van der Waals surface area contributed by atoms with Gasteiger partial charge in [-0.2, -0.15) is 0 Å². The van der Waals surface area contributed by atoms with Crippen molar-refractivity contribution in [2.45, 2.75) is 57.5 Å². The van der Waals surface area contributed by atoms with Crippen molar-refractivity contribution in [1.82, 2.24) is 0 Å². The zero-order valence-electron chi connectivity index (χ0n) is 15.4. The van der Waals surface area contributed by atoms with Gasteiger partial charge in [0.2, 0.25) is 0 Å². The van der Waals surface area contributed by atoms with E-state index in [0.29, 0.717) is 17.6 Å². The third-order valence-electron chi connectivity index (χ3n) is 6.03. The first-order valence-corrected chi connectivity index (χ1v) is 9.62. The van der Waals surface area contributed by atoms with Gasteiger partial charge in [-0.3, -0.25) is 0 Å². The molecule has 2 aliphatic carbocycles. The number of fused-ring (bicyclic) bond motifs is 1. The molecule has 0 N–H and O–H groups in total. The highest BCUT2D eigenvalue weighted by atomic mass is 16.5. The Morgan fingerprint density at radius 1 is 1.08 bits per heavy atom. The molecule has 1 aromatic rings. The van der Waals surface area contributed by atoms with Crippen LogP contribution < -0.4 is 0 Å². The number of ether oxygens (including phenoxy) is 2. The van der Waals surface area contributed by atoms with E-state index in [2.05, 4.69) is 24.3 Å². The first kappa shape index (κ1) is 18.2. The normalized spacial score (nSPS) is 29.4. The van der Waals surface area contributed by atoms with E-state index in [1.54, 1.807) is 0 Å². The van der Waals surface area contributed by atoms with Gasteiger partial charge in [0.05, 0.1) is 25.4 Å². The van der Waals surface area contributed by atoms with E-state index in [-0.39, 0.29) is 5.97 Å². The Bertz CT molecular complexity index is 590. The SMILES string of the molecule is C/C=C/COC1CCC2CC(c3ccc(C(=O)OC)cc3)CCC2C1. The molecule has 4 atom stereocenters. The Morgan fingerprint density at radius 2 is 1.80 bits per heavy atom. The molecule has 4 unspecified atom stereocenters. The van der Waals surface area contributed by atoms with Crippen LogP contribution in [0.3, 0.4) is 0 Å². The fourth-order valence-electron chi connectivity index (χ4n) is 4.60. The number of esters is 1. The number of hydrogen-bond acceptors (Lipinski definition) is 3. The van der Waals surface area contributed by atoms with Crippen LogP contribution in [0.1, 0.15) is 67.3 Å². The van der Waals surface area contributed by atoms with Gasteiger partial charge in [0.25, 0.3) is 0 Å². The second-order valence-electron chi connectivity index (χ2n) is 7.48. The van der Waals surface area contributed by atoms with Crippen LogP contribution in [0.4, 0.5) is 0 Å². The van der Waals surface area contributed by atoms with Crippen LogP contribution in [0.15, 0.2) is 36.4 Å². The number of rotatable bonds is 5. The summed E-state index contributed by atoms with van der Waals surface area (Å²) >= 11 is 0. The summed E-state index contributed by atoms with van der Waals surface area (Å²) in [6, 6.07) is 8.03. The lowest BCUT2D eigenvalue weighted by molar-refractivity contribution is -0.00319. The number of methoxy groups -OCH3 is 1. The van der Waals surface area contributed by atoms with Crippen LogP contribution in [-0.2, 0) is 9.47 Å². The molecule has 0 bridgehead atoms. The summed E-state index contributed by atoms with van der Waals surface area (Å²) in [5.41, 5.74) is 2.01. The quantitative estimate of drug-likeness (QED) is 0.550. The minimum absolute atomic E-state index is 0.258. The van der Waals surface area contributed by atoms with Crippen molar-refractivity contribution in [3.05, 3.63) is 47.5 Å². The van der Waals surface area contributed by atoms with Crippen LogP contribution in [0.5, 0.6) is 0 Å². The molecule has 0 radical (unpaired) electrons. The first-order chi connectivity index (χ1) is 12.2. The number of benzene rings is 1. The van der Waals surface area contributed by atoms with E-state index in [9.17, 15) is 4.79 Å². The van der Waals surface area contributed by atoms with E-state index in [1.165, 1.54) is 51.2 Å². The predicted molar refractivity (Wildman–Crippen MR) is 99.8 cm³/mol. The largest absolute Gasteiger partial charge is 0.465 e. The second kappa shape index (κ2) is 8.66. The Hall–Kier alpha value is -1.61. The topological polar surface area (TPSA) is 35.5 Å². The van der Waals surface area contributed by atoms with E-state index in [0.717, 1.165) is 18.4 Å². The minimum atomic E-state index is -0.258. The maximum Gasteiger partial charge on any atom is 0.337 e. The van der Waals surface area contributed by atoms with E-state index < -0.39 is 0 Å². The molecule has 3 heteroatoms. The standard InChI is InChI=1S/C22H30O3/c1-3-4-13-25-21-12-11-19-14-18(9-10-20(19)15-21)16-5-7-17(8-6-16)22(23)24-2/h3-8,18-21H,9-15H2,1-2H3/b4-3+. The highest BCUT2D eigenvalue weighted by molar-refractivity contribution is 5.89. The Balaban J connectivity index is 1.55. The lowest BCUT2D eigenvalue weighted by atomic mass is 9.65. The van der Waals surface area contributed by atoms with Gasteiger partial charge in [-0.25, -0.2) is 4.79 Å². The van der Waals surface area contributed by atoms with E-state index >= 15 is 0 Å². The van der Waals surface area contributed by atoms with Gasteiger partial charge in [-0.05, 0) is 80.9 Å². The molecule has 0 heterocycles. The van der Waals surface area contributed by atoms with Crippen LogP contribution in [0.25, 0.3) is 0 Å². The van der Waals surface area contributed by atoms with Gasteiger partial charge in [0.15, 0.2) is 0 Å². The number of allylic oxidation sites excluding steroid dienone is 1. The minimum Gasteiger partial charge on any atom is -0.465 e. The molecular formula is C22H30O3. The summed E-state index contributed by atoms with van der Waals surface area (Å²) in [7, 11) is 1.43. The summed E-state index contributed by atoms with van der Waals surface area (Å²) in [6.45, 7) is 2.80. The Labute approximate surface area is 151 Å². The summed E-state index contributed by atoms with van der Waals surface area (Å²) in [5, 5.41) is 0. The van der Waals surface area contributed by atoms with Crippen molar-refractivity contribution in [2.75, 3.05) is 13.7 Å². The van der Waals surface area contributed by atoms with Crippen LogP contribution in [0.2, 0.25) is 0 Å². The molecule has 25 heavy (non-hydrogen) atoms.